The molecule has 2 atom stereocenters. The third kappa shape index (κ3) is 5.28. The molecule has 0 saturated carbocycles. The second-order valence-electron chi connectivity index (χ2n) is 8.78. The van der Waals surface area contributed by atoms with E-state index in [0.717, 1.165) is 18.2 Å². The predicted molar refractivity (Wildman–Crippen MR) is 136 cm³/mol. The van der Waals surface area contributed by atoms with Crippen LogP contribution in [0.25, 0.3) is 0 Å². The van der Waals surface area contributed by atoms with Crippen LogP contribution in [0.2, 0.25) is 5.02 Å². The first-order valence-corrected chi connectivity index (χ1v) is 12.8. The minimum Gasteiger partial charge on any atom is -0.493 e. The van der Waals surface area contributed by atoms with E-state index in [1.165, 1.54) is 12.1 Å². The van der Waals surface area contributed by atoms with Gasteiger partial charge in [-0.3, -0.25) is 14.9 Å². The van der Waals surface area contributed by atoms with Gasteiger partial charge >= 0.3 is 12.1 Å². The second-order valence-corrected chi connectivity index (χ2v) is 10.4. The molecule has 2 unspecified atom stereocenters. The van der Waals surface area contributed by atoms with Crippen LogP contribution in [-0.4, -0.2) is 28.5 Å². The fourth-order valence-electron chi connectivity index (χ4n) is 4.48. The van der Waals surface area contributed by atoms with Crippen molar-refractivity contribution in [1.82, 2.24) is 5.32 Å². The number of ether oxygens (including phenoxy) is 3. The average molecular weight is 578 g/mol. The molecule has 1 N–H and O–H groups in total. The monoisotopic (exact) mass is 577 g/mol. The highest BCUT2D eigenvalue weighted by Gasteiger charge is 2.61. The minimum absolute atomic E-state index is 0.00532. The van der Waals surface area contributed by atoms with Gasteiger partial charge in [0.15, 0.2) is 0 Å². The van der Waals surface area contributed by atoms with Gasteiger partial charge in [0.05, 0.1) is 17.2 Å². The summed E-state index contributed by atoms with van der Waals surface area (Å²) in [7, 11) is 0. The van der Waals surface area contributed by atoms with Gasteiger partial charge in [-0.1, -0.05) is 48.0 Å². The van der Waals surface area contributed by atoms with Crippen molar-refractivity contribution in [2.75, 3.05) is 6.61 Å². The van der Waals surface area contributed by atoms with Crippen LogP contribution in [0.3, 0.4) is 0 Å². The molecule has 2 aliphatic rings. The lowest BCUT2D eigenvalue weighted by atomic mass is 9.80. The summed E-state index contributed by atoms with van der Waals surface area (Å²) in [5, 5.41) is 1.30. The van der Waals surface area contributed by atoms with E-state index in [-0.39, 0.29) is 41.9 Å². The molecule has 12 heteroatoms. The van der Waals surface area contributed by atoms with Gasteiger partial charge in [-0.2, -0.15) is 13.2 Å². The van der Waals surface area contributed by atoms with Crippen molar-refractivity contribution < 1.29 is 41.8 Å². The van der Waals surface area contributed by atoms with Gasteiger partial charge in [0.25, 0.3) is 11.1 Å². The van der Waals surface area contributed by atoms with Crippen molar-refractivity contribution in [3.63, 3.8) is 0 Å². The van der Waals surface area contributed by atoms with Gasteiger partial charge in [-0.15, -0.1) is 0 Å². The number of imide groups is 1. The number of carbonyl (C=O) groups excluding carboxylic acids is 3. The van der Waals surface area contributed by atoms with Crippen LogP contribution in [-0.2, 0) is 27.1 Å². The highest BCUT2D eigenvalue weighted by atomic mass is 35.5. The maximum atomic E-state index is 13.4. The Morgan fingerprint density at radius 2 is 1.87 bits per heavy atom. The summed E-state index contributed by atoms with van der Waals surface area (Å²) >= 11 is 6.58. The first-order valence-electron chi connectivity index (χ1n) is 11.6. The van der Waals surface area contributed by atoms with Crippen LogP contribution in [0, 0.1) is 0 Å². The molecule has 1 saturated heterocycles. The number of carbonyl (C=O) groups is 3. The lowest BCUT2D eigenvalue weighted by Gasteiger charge is -2.35. The molecule has 2 heterocycles. The van der Waals surface area contributed by atoms with Gasteiger partial charge in [0.2, 0.25) is 4.75 Å². The number of halogens is 4. The molecular formula is C27H19ClF3NO6S. The quantitative estimate of drug-likeness (QED) is 0.265. The summed E-state index contributed by atoms with van der Waals surface area (Å²) in [5.41, 5.74) is 0.274. The zero-order valence-corrected chi connectivity index (χ0v) is 21.5. The molecule has 0 bridgehead atoms. The Bertz CT molecular complexity index is 1450. The SMILES string of the molecule is O=C1NC(=O)C(C(=O)OCc2ccccc2)(C2CCOc3cc(Oc4ccc(C(F)(F)F)cc4Cl)ccc32)S1. The van der Waals surface area contributed by atoms with Crippen molar-refractivity contribution in [3.8, 4) is 17.2 Å². The normalized spacial score (nSPS) is 20.6. The van der Waals surface area contributed by atoms with E-state index in [0.29, 0.717) is 22.9 Å². The Morgan fingerprint density at radius 1 is 1.10 bits per heavy atom. The van der Waals surface area contributed by atoms with Gasteiger partial charge in [0, 0.05) is 17.5 Å². The number of amides is 2. The number of rotatable bonds is 6. The Morgan fingerprint density at radius 3 is 2.54 bits per heavy atom. The molecule has 202 valence electrons. The molecule has 39 heavy (non-hydrogen) atoms. The van der Waals surface area contributed by atoms with Crippen LogP contribution in [0.4, 0.5) is 18.0 Å². The molecule has 0 radical (unpaired) electrons. The van der Waals surface area contributed by atoms with Crippen LogP contribution >= 0.6 is 23.4 Å². The fraction of sp³-hybridized carbons (Fsp3) is 0.222. The van der Waals surface area contributed by atoms with Crippen LogP contribution in [0.5, 0.6) is 17.2 Å². The van der Waals surface area contributed by atoms with Gasteiger partial charge in [-0.25, -0.2) is 4.79 Å². The maximum Gasteiger partial charge on any atom is 0.416 e. The van der Waals surface area contributed by atoms with Crippen molar-refractivity contribution >= 4 is 40.5 Å². The molecule has 1 fully saturated rings. The van der Waals surface area contributed by atoms with Crippen molar-refractivity contribution in [1.29, 1.82) is 0 Å². The molecule has 7 nitrogen and oxygen atoms in total. The Kier molecular flexibility index (Phi) is 7.21. The maximum absolute atomic E-state index is 13.4. The summed E-state index contributed by atoms with van der Waals surface area (Å²) in [6, 6.07) is 16.2. The molecule has 0 aromatic heterocycles. The number of esters is 1. The van der Waals surface area contributed by atoms with E-state index in [1.807, 2.05) is 6.07 Å². The number of benzene rings is 3. The first-order chi connectivity index (χ1) is 18.6. The fourth-order valence-corrected chi connectivity index (χ4v) is 5.81. The molecule has 0 spiro atoms. The molecule has 0 aliphatic carbocycles. The molecule has 3 aromatic rings. The molecular weight excluding hydrogens is 559 g/mol. The van der Waals surface area contributed by atoms with Crippen LogP contribution in [0.1, 0.15) is 29.0 Å². The van der Waals surface area contributed by atoms with Crippen LogP contribution < -0.4 is 14.8 Å². The summed E-state index contributed by atoms with van der Waals surface area (Å²) in [6.07, 6.45) is -4.31. The molecule has 3 aromatic carbocycles. The lowest BCUT2D eigenvalue weighted by molar-refractivity contribution is -0.152. The molecule has 2 amide bonds. The number of hydrogen-bond acceptors (Lipinski definition) is 7. The zero-order chi connectivity index (χ0) is 27.8. The zero-order valence-electron chi connectivity index (χ0n) is 19.9. The molecule has 2 aliphatic heterocycles. The summed E-state index contributed by atoms with van der Waals surface area (Å²) in [6.45, 7) is 0.0398. The van der Waals surface area contributed by atoms with Crippen molar-refractivity contribution in [3.05, 3.63) is 88.4 Å². The number of nitrogens with one attached hydrogen (secondary N) is 1. The van der Waals surface area contributed by atoms with E-state index < -0.39 is 39.5 Å². The smallest absolute Gasteiger partial charge is 0.416 e. The number of fused-ring (bicyclic) bond motifs is 1. The Balaban J connectivity index is 1.43. The Labute approximate surface area is 229 Å². The minimum atomic E-state index is -4.55. The largest absolute Gasteiger partial charge is 0.493 e. The van der Waals surface area contributed by atoms with Crippen molar-refractivity contribution in [2.24, 2.45) is 0 Å². The lowest BCUT2D eigenvalue weighted by Crippen LogP contribution is -2.50. The second kappa shape index (κ2) is 10.5. The van der Waals surface area contributed by atoms with Gasteiger partial charge in [-0.05, 0) is 48.0 Å². The number of alkyl halides is 3. The summed E-state index contributed by atoms with van der Waals surface area (Å²) in [4.78, 5) is 38.8. The third-order valence-electron chi connectivity index (χ3n) is 6.32. The standard InChI is InChI=1S/C27H19ClF3NO6S/c28-20-12-16(27(29,30)31)6-9-21(20)38-17-7-8-18-19(10-11-36-22(18)13-17)26(23(33)32-25(35)39-26)24(34)37-14-15-4-2-1-3-5-15/h1-9,12-13,19H,10-11,14H2,(H,32,33,35). The van der Waals surface area contributed by atoms with E-state index in [9.17, 15) is 27.6 Å². The topological polar surface area (TPSA) is 90.9 Å². The number of thioether (sulfide) groups is 1. The summed E-state index contributed by atoms with van der Waals surface area (Å²) in [5.74, 6) is -1.91. The van der Waals surface area contributed by atoms with E-state index in [4.69, 9.17) is 25.8 Å². The van der Waals surface area contributed by atoms with Gasteiger partial charge in [0.1, 0.15) is 23.9 Å². The van der Waals surface area contributed by atoms with E-state index in [1.54, 1.807) is 30.3 Å². The number of hydrogen-bond donors (Lipinski definition) is 1. The average Bonchev–Trinajstić information content (AvgIpc) is 3.22. The van der Waals surface area contributed by atoms with Gasteiger partial charge < -0.3 is 14.2 Å². The highest BCUT2D eigenvalue weighted by molar-refractivity contribution is 8.16. The summed E-state index contributed by atoms with van der Waals surface area (Å²) < 4.78 is 54.0. The van der Waals surface area contributed by atoms with E-state index in [2.05, 4.69) is 5.32 Å². The van der Waals surface area contributed by atoms with Crippen molar-refractivity contribution in [2.45, 2.75) is 29.9 Å². The highest BCUT2D eigenvalue weighted by Crippen LogP contribution is 2.51. The first kappa shape index (κ1) is 26.9. The van der Waals surface area contributed by atoms with Crippen LogP contribution in [0.15, 0.2) is 66.7 Å². The third-order valence-corrected chi connectivity index (χ3v) is 7.87. The molecule has 5 rings (SSSR count). The Hall–Kier alpha value is -3.70. The predicted octanol–water partition coefficient (Wildman–Crippen LogP) is 6.48. The van der Waals surface area contributed by atoms with E-state index >= 15 is 0 Å².